The summed E-state index contributed by atoms with van der Waals surface area (Å²) < 4.78 is 22.4. The summed E-state index contributed by atoms with van der Waals surface area (Å²) in [4.78, 5) is 36.5. The lowest BCUT2D eigenvalue weighted by Crippen LogP contribution is -2.41. The molecule has 4 heterocycles. The Hall–Kier alpha value is -4.51. The summed E-state index contributed by atoms with van der Waals surface area (Å²) in [6, 6.07) is 8.47. The van der Waals surface area contributed by atoms with Crippen molar-refractivity contribution in [3.05, 3.63) is 72.5 Å². The molecule has 0 aliphatic carbocycles. The zero-order valence-electron chi connectivity index (χ0n) is 24.4. The van der Waals surface area contributed by atoms with E-state index in [4.69, 9.17) is 21.4 Å². The van der Waals surface area contributed by atoms with Gasteiger partial charge in [0, 0.05) is 74.3 Å². The summed E-state index contributed by atoms with van der Waals surface area (Å²) in [6.45, 7) is 7.78. The number of likely N-dealkylation sites (tertiary alicyclic amines) is 2. The van der Waals surface area contributed by atoms with Crippen molar-refractivity contribution in [2.45, 2.75) is 44.8 Å². The maximum atomic E-state index is 13.8. The van der Waals surface area contributed by atoms with Crippen LogP contribution in [0.1, 0.15) is 38.6 Å². The van der Waals surface area contributed by atoms with Crippen LogP contribution >= 0.6 is 11.6 Å². The molecule has 6 rings (SSSR count). The molecule has 2 amide bonds. The van der Waals surface area contributed by atoms with E-state index in [-0.39, 0.29) is 29.0 Å². The number of ether oxygens (including phenoxy) is 1. The van der Waals surface area contributed by atoms with Crippen LogP contribution < -0.4 is 10.1 Å². The molecule has 0 atom stereocenters. The minimum Gasteiger partial charge on any atom is -0.490 e. The third-order valence-electron chi connectivity index (χ3n) is 8.34. The molecule has 2 aromatic carbocycles. The summed E-state index contributed by atoms with van der Waals surface area (Å²) in [5, 5.41) is 8.65. The normalized spacial score (nSPS) is 16.2. The molecule has 0 spiro atoms. The zero-order valence-corrected chi connectivity index (χ0v) is 25.1. The van der Waals surface area contributed by atoms with Gasteiger partial charge in [0.25, 0.3) is 0 Å². The second-order valence-corrected chi connectivity index (χ2v) is 11.5. The summed E-state index contributed by atoms with van der Waals surface area (Å²) >= 11 is 6.02. The van der Waals surface area contributed by atoms with Crippen LogP contribution in [0.5, 0.6) is 5.75 Å². The topological polar surface area (TPSA) is 105 Å². The predicted molar refractivity (Wildman–Crippen MR) is 166 cm³/mol. The number of piperidine rings is 2. The lowest BCUT2D eigenvalue weighted by molar-refractivity contribution is -0.130. The first-order valence-corrected chi connectivity index (χ1v) is 15.1. The molecule has 0 unspecified atom stereocenters. The van der Waals surface area contributed by atoms with Gasteiger partial charge in [-0.1, -0.05) is 18.2 Å². The fourth-order valence-corrected chi connectivity index (χ4v) is 6.02. The third kappa shape index (κ3) is 6.23. The number of hydrogen-bond acceptors (Lipinski definition) is 7. The van der Waals surface area contributed by atoms with Crippen molar-refractivity contribution in [2.75, 3.05) is 31.5 Å². The fourth-order valence-electron chi connectivity index (χ4n) is 5.84. The maximum Gasteiger partial charge on any atom is 0.245 e. The second-order valence-electron chi connectivity index (χ2n) is 11.1. The van der Waals surface area contributed by atoms with Crippen molar-refractivity contribution in [1.29, 1.82) is 0 Å². The summed E-state index contributed by atoms with van der Waals surface area (Å²) in [5.41, 5.74) is 2.99. The van der Waals surface area contributed by atoms with Crippen molar-refractivity contribution < 1.29 is 18.7 Å². The molecular weight excluding hydrogens is 585 g/mol. The highest BCUT2D eigenvalue weighted by atomic mass is 35.5. The largest absolute Gasteiger partial charge is 0.490 e. The van der Waals surface area contributed by atoms with Crippen molar-refractivity contribution >= 4 is 45.8 Å². The number of anilines is 2. The van der Waals surface area contributed by atoms with E-state index in [1.165, 1.54) is 24.5 Å². The van der Waals surface area contributed by atoms with E-state index in [1.807, 2.05) is 34.1 Å². The van der Waals surface area contributed by atoms with Gasteiger partial charge in [-0.25, -0.2) is 14.4 Å². The molecule has 10 nitrogen and oxygen atoms in total. The first kappa shape index (κ1) is 29.6. The Labute approximate surface area is 259 Å². The van der Waals surface area contributed by atoms with Gasteiger partial charge < -0.3 is 19.9 Å². The Bertz CT molecular complexity index is 1710. The van der Waals surface area contributed by atoms with Crippen LogP contribution in [0.4, 0.5) is 15.9 Å². The Kier molecular flexibility index (Phi) is 8.47. The molecule has 228 valence electrons. The monoisotopic (exact) mass is 617 g/mol. The highest BCUT2D eigenvalue weighted by Crippen LogP contribution is 2.38. The number of nitrogens with one attached hydrogen (secondary N) is 1. The van der Waals surface area contributed by atoms with Crippen LogP contribution in [0.15, 0.2) is 61.7 Å². The Balaban J connectivity index is 1.33. The number of amides is 2. The number of benzene rings is 2. The van der Waals surface area contributed by atoms with E-state index in [0.29, 0.717) is 61.8 Å². The molecule has 0 saturated carbocycles. The quantitative estimate of drug-likeness (QED) is 0.263. The van der Waals surface area contributed by atoms with Gasteiger partial charge in [-0.15, -0.1) is 0 Å². The SMILES string of the molecule is C=CC(=O)N1CCC(Oc2cc3c(Nc4ccc(F)c(Cl)c4)ncnc3cc2-c2cnn(C3CCN(C(C)=O)CC3)c2)CC1. The Morgan fingerprint density at radius 2 is 1.82 bits per heavy atom. The molecule has 2 fully saturated rings. The van der Waals surface area contributed by atoms with Crippen molar-refractivity contribution in [3.8, 4) is 16.9 Å². The van der Waals surface area contributed by atoms with E-state index in [2.05, 4.69) is 21.9 Å². The van der Waals surface area contributed by atoms with Crippen molar-refractivity contribution in [3.63, 3.8) is 0 Å². The lowest BCUT2D eigenvalue weighted by atomic mass is 10.0. The number of carbonyl (C=O) groups excluding carboxylic acids is 2. The number of carbonyl (C=O) groups is 2. The zero-order chi connectivity index (χ0) is 30.8. The molecular formula is C32H33ClFN7O3. The molecule has 44 heavy (non-hydrogen) atoms. The molecule has 2 saturated heterocycles. The van der Waals surface area contributed by atoms with Crippen molar-refractivity contribution in [2.24, 2.45) is 0 Å². The Morgan fingerprint density at radius 1 is 1.07 bits per heavy atom. The van der Waals surface area contributed by atoms with Gasteiger partial charge in [0.05, 0.1) is 22.8 Å². The number of halogens is 2. The number of fused-ring (bicyclic) bond motifs is 1. The molecule has 2 aliphatic heterocycles. The highest BCUT2D eigenvalue weighted by molar-refractivity contribution is 6.31. The van der Waals surface area contributed by atoms with Gasteiger partial charge in [-0.3, -0.25) is 14.3 Å². The summed E-state index contributed by atoms with van der Waals surface area (Å²) in [5.74, 6) is 0.682. The standard InChI is InChI=1S/C32H33ClFN7O3/c1-3-31(43)40-12-8-24(9-13-40)44-30-16-26-29(35-19-36-32(26)38-22-4-5-28(34)27(33)14-22)15-25(30)21-17-37-41(18-21)23-6-10-39(11-7-23)20(2)42/h3-5,14-19,23-24H,1,6-13H2,2H3,(H,35,36,38). The minimum absolute atomic E-state index is 0.00456. The molecule has 0 bridgehead atoms. The number of hydrogen-bond donors (Lipinski definition) is 1. The highest BCUT2D eigenvalue weighted by Gasteiger charge is 2.26. The smallest absolute Gasteiger partial charge is 0.245 e. The summed E-state index contributed by atoms with van der Waals surface area (Å²) in [6.07, 6.45) is 9.57. The van der Waals surface area contributed by atoms with Crippen LogP contribution in [-0.4, -0.2) is 73.6 Å². The van der Waals surface area contributed by atoms with E-state index in [1.54, 1.807) is 17.9 Å². The van der Waals surface area contributed by atoms with Gasteiger partial charge in [0.1, 0.15) is 29.8 Å². The summed E-state index contributed by atoms with van der Waals surface area (Å²) in [7, 11) is 0. The van der Waals surface area contributed by atoms with Gasteiger partial charge >= 0.3 is 0 Å². The molecule has 0 radical (unpaired) electrons. The minimum atomic E-state index is -0.504. The second kappa shape index (κ2) is 12.6. The van der Waals surface area contributed by atoms with E-state index in [0.717, 1.165) is 29.4 Å². The fraction of sp³-hybridized carbons (Fsp3) is 0.344. The average Bonchev–Trinajstić information content (AvgIpc) is 3.53. The van der Waals surface area contributed by atoms with Gasteiger partial charge in [0.2, 0.25) is 11.8 Å². The molecule has 2 aliphatic rings. The van der Waals surface area contributed by atoms with Crippen LogP contribution in [0, 0.1) is 5.82 Å². The first-order chi connectivity index (χ1) is 21.3. The average molecular weight is 618 g/mol. The van der Waals surface area contributed by atoms with E-state index < -0.39 is 5.82 Å². The van der Waals surface area contributed by atoms with E-state index >= 15 is 0 Å². The molecule has 4 aromatic rings. The lowest BCUT2D eigenvalue weighted by Gasteiger charge is -2.32. The third-order valence-corrected chi connectivity index (χ3v) is 8.63. The van der Waals surface area contributed by atoms with Crippen LogP contribution in [-0.2, 0) is 9.59 Å². The number of aromatic nitrogens is 4. The number of nitrogens with zero attached hydrogens (tertiary/aromatic N) is 6. The van der Waals surface area contributed by atoms with E-state index in [9.17, 15) is 14.0 Å². The number of rotatable bonds is 7. The molecule has 1 N–H and O–H groups in total. The predicted octanol–water partition coefficient (Wildman–Crippen LogP) is 5.77. The van der Waals surface area contributed by atoms with Crippen molar-refractivity contribution in [1.82, 2.24) is 29.5 Å². The van der Waals surface area contributed by atoms with Crippen LogP contribution in [0.2, 0.25) is 5.02 Å². The van der Waals surface area contributed by atoms with Gasteiger partial charge in [-0.2, -0.15) is 5.10 Å². The van der Waals surface area contributed by atoms with Gasteiger partial charge in [0.15, 0.2) is 0 Å². The van der Waals surface area contributed by atoms with Gasteiger partial charge in [-0.05, 0) is 49.2 Å². The molecule has 2 aromatic heterocycles. The van der Waals surface area contributed by atoms with Crippen LogP contribution in [0.3, 0.4) is 0 Å². The first-order valence-electron chi connectivity index (χ1n) is 14.7. The Morgan fingerprint density at radius 3 is 2.52 bits per heavy atom. The molecule has 12 heteroatoms. The maximum absolute atomic E-state index is 13.8. The van der Waals surface area contributed by atoms with Crippen LogP contribution in [0.25, 0.3) is 22.0 Å².